The Kier molecular flexibility index (Phi) is 4.02. The smallest absolute Gasteiger partial charge is 0.372 e. The Balaban J connectivity index is 2.12. The maximum absolute atomic E-state index is 12.7. The zero-order chi connectivity index (χ0) is 14.7. The van der Waals surface area contributed by atoms with Crippen LogP contribution in [0.4, 0.5) is 4.39 Å². The third kappa shape index (κ3) is 3.14. The summed E-state index contributed by atoms with van der Waals surface area (Å²) in [6, 6.07) is 5.60. The lowest BCUT2D eigenvalue weighted by Gasteiger charge is -2.07. The van der Waals surface area contributed by atoms with Crippen molar-refractivity contribution in [3.8, 4) is 5.75 Å². The molecule has 20 heavy (non-hydrogen) atoms. The van der Waals surface area contributed by atoms with Crippen LogP contribution in [-0.2, 0) is 6.61 Å². The molecule has 0 aliphatic carbocycles. The summed E-state index contributed by atoms with van der Waals surface area (Å²) in [5.74, 6) is -0.929. The number of carbonyl (C=O) groups is 1. The van der Waals surface area contributed by atoms with E-state index in [2.05, 4.69) is 4.98 Å². The van der Waals surface area contributed by atoms with Crippen molar-refractivity contribution in [2.24, 2.45) is 0 Å². The van der Waals surface area contributed by atoms with E-state index in [0.29, 0.717) is 11.4 Å². The molecule has 0 spiro atoms. The quantitative estimate of drug-likeness (QED) is 0.913. The monoisotopic (exact) mass is 278 g/mol. The second-order valence-electron chi connectivity index (χ2n) is 4.60. The van der Waals surface area contributed by atoms with Gasteiger partial charge in [-0.15, -0.1) is 0 Å². The summed E-state index contributed by atoms with van der Waals surface area (Å²) in [6.45, 7) is 3.88. The number of carboxylic acids is 1. The summed E-state index contributed by atoms with van der Waals surface area (Å²) in [6.07, 6.45) is 1.65. The lowest BCUT2D eigenvalue weighted by atomic mass is 10.3. The second kappa shape index (κ2) is 5.73. The number of imidazole rings is 1. The Morgan fingerprint density at radius 2 is 2.05 bits per heavy atom. The van der Waals surface area contributed by atoms with Crippen molar-refractivity contribution in [1.29, 1.82) is 0 Å². The number of nitrogens with zero attached hydrogens (tertiary/aromatic N) is 2. The number of halogens is 1. The van der Waals surface area contributed by atoms with E-state index in [-0.39, 0.29) is 24.3 Å². The van der Waals surface area contributed by atoms with Gasteiger partial charge in [0.05, 0.1) is 5.69 Å². The number of aromatic nitrogens is 2. The minimum absolute atomic E-state index is 0.00632. The molecule has 106 valence electrons. The van der Waals surface area contributed by atoms with E-state index in [9.17, 15) is 9.18 Å². The minimum Gasteiger partial charge on any atom is -0.487 e. The van der Waals surface area contributed by atoms with Gasteiger partial charge in [-0.05, 0) is 38.1 Å². The molecule has 1 aromatic carbocycles. The molecule has 2 rings (SSSR count). The van der Waals surface area contributed by atoms with Gasteiger partial charge in [-0.2, -0.15) is 0 Å². The van der Waals surface area contributed by atoms with Crippen LogP contribution in [0.1, 0.15) is 36.2 Å². The van der Waals surface area contributed by atoms with Crippen LogP contribution in [0.25, 0.3) is 0 Å². The number of carboxylic acid groups (broad SMARTS) is 1. The van der Waals surface area contributed by atoms with Gasteiger partial charge >= 0.3 is 5.97 Å². The first-order chi connectivity index (χ1) is 9.47. The fraction of sp³-hybridized carbons (Fsp3) is 0.286. The average molecular weight is 278 g/mol. The summed E-state index contributed by atoms with van der Waals surface area (Å²) in [4.78, 5) is 15.1. The SMILES string of the molecule is CC(C)n1cc(COc2ccc(F)cc2)nc1C(=O)O. The van der Waals surface area contributed by atoms with Gasteiger partial charge in [-0.25, -0.2) is 14.2 Å². The number of hydrogen-bond acceptors (Lipinski definition) is 3. The molecule has 0 amide bonds. The fourth-order valence-corrected chi connectivity index (χ4v) is 1.75. The molecule has 2 aromatic rings. The van der Waals surface area contributed by atoms with Gasteiger partial charge in [-0.1, -0.05) is 0 Å². The topological polar surface area (TPSA) is 64.4 Å². The molecule has 6 heteroatoms. The number of aromatic carboxylic acids is 1. The number of benzene rings is 1. The molecule has 0 radical (unpaired) electrons. The van der Waals surface area contributed by atoms with Crippen LogP contribution in [0.5, 0.6) is 5.75 Å². The van der Waals surface area contributed by atoms with Crippen molar-refractivity contribution in [3.63, 3.8) is 0 Å². The van der Waals surface area contributed by atoms with Gasteiger partial charge in [0.15, 0.2) is 0 Å². The molecule has 0 atom stereocenters. The maximum atomic E-state index is 12.7. The molecule has 0 saturated heterocycles. The minimum atomic E-state index is -1.08. The highest BCUT2D eigenvalue weighted by Crippen LogP contribution is 2.15. The van der Waals surface area contributed by atoms with Crippen molar-refractivity contribution in [1.82, 2.24) is 9.55 Å². The summed E-state index contributed by atoms with van der Waals surface area (Å²) in [7, 11) is 0. The first-order valence-electron chi connectivity index (χ1n) is 6.17. The van der Waals surface area contributed by atoms with Crippen LogP contribution in [-0.4, -0.2) is 20.6 Å². The van der Waals surface area contributed by atoms with Gasteiger partial charge in [0.1, 0.15) is 18.2 Å². The van der Waals surface area contributed by atoms with Crippen LogP contribution >= 0.6 is 0 Å². The number of rotatable bonds is 5. The first-order valence-corrected chi connectivity index (χ1v) is 6.17. The van der Waals surface area contributed by atoms with Gasteiger partial charge in [-0.3, -0.25) is 0 Å². The molecule has 0 fully saturated rings. The molecule has 5 nitrogen and oxygen atoms in total. The van der Waals surface area contributed by atoms with Crippen molar-refractivity contribution >= 4 is 5.97 Å². The summed E-state index contributed by atoms with van der Waals surface area (Å²) in [5.41, 5.74) is 0.514. The molecular weight excluding hydrogens is 263 g/mol. The third-order valence-corrected chi connectivity index (χ3v) is 2.73. The predicted molar refractivity (Wildman–Crippen MR) is 70.3 cm³/mol. The molecule has 0 aliphatic rings. The fourth-order valence-electron chi connectivity index (χ4n) is 1.75. The standard InChI is InChI=1S/C14H15FN2O3/c1-9(2)17-7-11(16-13(17)14(18)19)8-20-12-5-3-10(15)4-6-12/h3-7,9H,8H2,1-2H3,(H,18,19). The normalized spacial score (nSPS) is 10.8. The lowest BCUT2D eigenvalue weighted by Crippen LogP contribution is -2.10. The Morgan fingerprint density at radius 1 is 1.40 bits per heavy atom. The van der Waals surface area contributed by atoms with E-state index in [1.54, 1.807) is 10.8 Å². The third-order valence-electron chi connectivity index (χ3n) is 2.73. The van der Waals surface area contributed by atoms with E-state index >= 15 is 0 Å². The molecule has 1 aromatic heterocycles. The van der Waals surface area contributed by atoms with Crippen LogP contribution in [0.2, 0.25) is 0 Å². The Morgan fingerprint density at radius 3 is 2.55 bits per heavy atom. The Hall–Kier alpha value is -2.37. The Labute approximate surface area is 115 Å². The maximum Gasteiger partial charge on any atom is 0.372 e. The van der Waals surface area contributed by atoms with Gasteiger partial charge < -0.3 is 14.4 Å². The van der Waals surface area contributed by atoms with Crippen LogP contribution in [0.15, 0.2) is 30.5 Å². The largest absolute Gasteiger partial charge is 0.487 e. The van der Waals surface area contributed by atoms with Crippen molar-refractivity contribution < 1.29 is 19.0 Å². The number of ether oxygens (including phenoxy) is 1. The van der Waals surface area contributed by atoms with Gasteiger partial charge in [0, 0.05) is 12.2 Å². The molecule has 0 bridgehead atoms. The second-order valence-corrected chi connectivity index (χ2v) is 4.60. The summed E-state index contributed by atoms with van der Waals surface area (Å²) in [5, 5.41) is 9.08. The summed E-state index contributed by atoms with van der Waals surface area (Å²) >= 11 is 0. The van der Waals surface area contributed by atoms with Gasteiger partial charge in [0.25, 0.3) is 0 Å². The molecule has 0 aliphatic heterocycles. The first kappa shape index (κ1) is 14.0. The van der Waals surface area contributed by atoms with Crippen molar-refractivity contribution in [2.75, 3.05) is 0 Å². The van der Waals surface area contributed by atoms with E-state index in [1.807, 2.05) is 13.8 Å². The van der Waals surface area contributed by atoms with E-state index < -0.39 is 5.97 Å². The van der Waals surface area contributed by atoms with E-state index in [0.717, 1.165) is 0 Å². The molecule has 0 saturated carbocycles. The molecule has 1 heterocycles. The Bertz CT molecular complexity index is 605. The van der Waals surface area contributed by atoms with Gasteiger partial charge in [0.2, 0.25) is 5.82 Å². The zero-order valence-corrected chi connectivity index (χ0v) is 11.2. The van der Waals surface area contributed by atoms with Crippen LogP contribution in [0.3, 0.4) is 0 Å². The van der Waals surface area contributed by atoms with E-state index in [4.69, 9.17) is 9.84 Å². The predicted octanol–water partition coefficient (Wildman–Crippen LogP) is 2.88. The lowest BCUT2D eigenvalue weighted by molar-refractivity contribution is 0.0676. The van der Waals surface area contributed by atoms with Crippen LogP contribution < -0.4 is 4.74 Å². The summed E-state index contributed by atoms with van der Waals surface area (Å²) < 4.78 is 19.8. The van der Waals surface area contributed by atoms with Crippen LogP contribution in [0, 0.1) is 5.82 Å². The zero-order valence-electron chi connectivity index (χ0n) is 11.2. The van der Waals surface area contributed by atoms with Crippen molar-refractivity contribution in [2.45, 2.75) is 26.5 Å². The number of hydrogen-bond donors (Lipinski definition) is 1. The highest BCUT2D eigenvalue weighted by molar-refractivity contribution is 5.83. The molecule has 0 unspecified atom stereocenters. The average Bonchev–Trinajstić information content (AvgIpc) is 2.83. The van der Waals surface area contributed by atoms with E-state index in [1.165, 1.54) is 24.3 Å². The van der Waals surface area contributed by atoms with Crippen molar-refractivity contribution in [3.05, 3.63) is 47.8 Å². The highest BCUT2D eigenvalue weighted by atomic mass is 19.1. The molecular formula is C14H15FN2O3. The highest BCUT2D eigenvalue weighted by Gasteiger charge is 2.16. The molecule has 1 N–H and O–H groups in total.